The van der Waals surface area contributed by atoms with Crippen LogP contribution in [0.1, 0.15) is 15.9 Å². The first-order valence-electron chi connectivity index (χ1n) is 7.94. The second-order valence-electron chi connectivity index (χ2n) is 5.96. The summed E-state index contributed by atoms with van der Waals surface area (Å²) in [5.41, 5.74) is 1.13. The third-order valence-corrected chi connectivity index (χ3v) is 4.90. The molecule has 2 aromatic rings. The summed E-state index contributed by atoms with van der Waals surface area (Å²) in [5, 5.41) is 7.84. The maximum atomic E-state index is 12.5. The van der Waals surface area contributed by atoms with Gasteiger partial charge in [0.15, 0.2) is 0 Å². The Balaban J connectivity index is 2.07. The van der Waals surface area contributed by atoms with E-state index in [0.29, 0.717) is 17.0 Å². The summed E-state index contributed by atoms with van der Waals surface area (Å²) in [4.78, 5) is 25.7. The van der Waals surface area contributed by atoms with Crippen molar-refractivity contribution >= 4 is 27.5 Å². The number of aryl methyl sites for hydroxylation is 1. The predicted octanol–water partition coefficient (Wildman–Crippen LogP) is 1.36. The number of amides is 2. The van der Waals surface area contributed by atoms with E-state index in [-0.39, 0.29) is 17.0 Å². The van der Waals surface area contributed by atoms with Gasteiger partial charge in [0.25, 0.3) is 5.91 Å². The molecule has 144 valence electrons. The average Bonchev–Trinajstić information content (AvgIpc) is 2.61. The minimum Gasteiger partial charge on any atom is -0.497 e. The first-order chi connectivity index (χ1) is 12.6. The number of carbonyl (C=O) groups excluding carboxylic acids is 2. The van der Waals surface area contributed by atoms with Gasteiger partial charge in [-0.15, -0.1) is 0 Å². The van der Waals surface area contributed by atoms with Crippen molar-refractivity contribution in [3.63, 3.8) is 0 Å². The van der Waals surface area contributed by atoms with Gasteiger partial charge < -0.3 is 15.0 Å². The number of sulfonamides is 1. The van der Waals surface area contributed by atoms with Crippen LogP contribution < -0.4 is 15.2 Å². The van der Waals surface area contributed by atoms with Gasteiger partial charge in [-0.2, -0.15) is 0 Å². The van der Waals surface area contributed by atoms with E-state index < -0.39 is 21.8 Å². The number of hydrogen-bond acceptors (Lipinski definition) is 5. The van der Waals surface area contributed by atoms with Crippen LogP contribution in [0.5, 0.6) is 5.75 Å². The lowest BCUT2D eigenvalue weighted by Gasteiger charge is -2.17. The minimum absolute atomic E-state index is 0.121. The molecule has 3 N–H and O–H groups in total. The van der Waals surface area contributed by atoms with Crippen LogP contribution in [0.3, 0.4) is 0 Å². The number of benzene rings is 2. The Labute approximate surface area is 158 Å². The Morgan fingerprint density at radius 3 is 2.33 bits per heavy atom. The zero-order chi connectivity index (χ0) is 20.2. The zero-order valence-electron chi connectivity index (χ0n) is 15.2. The van der Waals surface area contributed by atoms with E-state index in [1.165, 1.54) is 30.1 Å². The summed E-state index contributed by atoms with van der Waals surface area (Å²) < 4.78 is 28.3. The standard InChI is InChI=1S/C18H21N3O5S/c1-12-4-5-13(10-16(12)27(19,24)25)18(23)21(2)11-17(22)20-14-6-8-15(26-3)9-7-14/h4-10H,11H2,1-3H3,(H,20,22)(H2,19,24,25). The van der Waals surface area contributed by atoms with Crippen LogP contribution >= 0.6 is 0 Å². The largest absolute Gasteiger partial charge is 0.497 e. The molecule has 0 saturated carbocycles. The monoisotopic (exact) mass is 391 g/mol. The maximum Gasteiger partial charge on any atom is 0.254 e. The number of primary sulfonamides is 1. The molecule has 8 nitrogen and oxygen atoms in total. The zero-order valence-corrected chi connectivity index (χ0v) is 16.0. The van der Waals surface area contributed by atoms with Gasteiger partial charge in [-0.1, -0.05) is 6.07 Å². The first-order valence-corrected chi connectivity index (χ1v) is 9.49. The molecule has 2 aromatic carbocycles. The molecular formula is C18H21N3O5S. The number of methoxy groups -OCH3 is 1. The van der Waals surface area contributed by atoms with Crippen LogP contribution in [0.4, 0.5) is 5.69 Å². The molecule has 0 unspecified atom stereocenters. The molecule has 0 aromatic heterocycles. The lowest BCUT2D eigenvalue weighted by molar-refractivity contribution is -0.116. The van der Waals surface area contributed by atoms with Crippen LogP contribution in [0.25, 0.3) is 0 Å². The van der Waals surface area contributed by atoms with Crippen LogP contribution in [-0.4, -0.2) is 45.8 Å². The van der Waals surface area contributed by atoms with Crippen LogP contribution in [0, 0.1) is 6.92 Å². The molecule has 0 spiro atoms. The average molecular weight is 391 g/mol. The maximum absolute atomic E-state index is 12.5. The van der Waals surface area contributed by atoms with E-state index in [9.17, 15) is 18.0 Å². The summed E-state index contributed by atoms with van der Waals surface area (Å²) in [6.07, 6.45) is 0. The Kier molecular flexibility index (Phi) is 6.19. The molecule has 0 heterocycles. The molecule has 0 radical (unpaired) electrons. The van der Waals surface area contributed by atoms with E-state index in [1.54, 1.807) is 38.3 Å². The van der Waals surface area contributed by atoms with E-state index in [2.05, 4.69) is 5.32 Å². The van der Waals surface area contributed by atoms with Crippen molar-refractivity contribution in [1.29, 1.82) is 0 Å². The quantitative estimate of drug-likeness (QED) is 0.771. The van der Waals surface area contributed by atoms with Gasteiger partial charge in [-0.3, -0.25) is 9.59 Å². The van der Waals surface area contributed by atoms with Crippen molar-refractivity contribution in [2.75, 3.05) is 26.0 Å². The summed E-state index contributed by atoms with van der Waals surface area (Å²) in [6.45, 7) is 1.38. The molecule has 0 fully saturated rings. The van der Waals surface area contributed by atoms with E-state index >= 15 is 0 Å². The van der Waals surface area contributed by atoms with Crippen molar-refractivity contribution in [3.05, 3.63) is 53.6 Å². The molecule has 0 bridgehead atoms. The summed E-state index contributed by atoms with van der Waals surface area (Å²) in [6, 6.07) is 11.0. The van der Waals surface area contributed by atoms with Crippen molar-refractivity contribution in [1.82, 2.24) is 4.90 Å². The van der Waals surface area contributed by atoms with Gasteiger partial charge in [0.2, 0.25) is 15.9 Å². The van der Waals surface area contributed by atoms with E-state index in [4.69, 9.17) is 9.88 Å². The number of ether oxygens (including phenoxy) is 1. The number of likely N-dealkylation sites (N-methyl/N-ethyl adjacent to an activating group) is 1. The second-order valence-corrected chi connectivity index (χ2v) is 7.49. The van der Waals surface area contributed by atoms with Gasteiger partial charge in [-0.25, -0.2) is 13.6 Å². The number of anilines is 1. The number of hydrogen-bond donors (Lipinski definition) is 2. The normalized spacial score (nSPS) is 11.0. The number of carbonyl (C=O) groups is 2. The lowest BCUT2D eigenvalue weighted by Crippen LogP contribution is -2.35. The Morgan fingerprint density at radius 1 is 1.15 bits per heavy atom. The molecule has 0 aliphatic heterocycles. The molecule has 9 heteroatoms. The SMILES string of the molecule is COc1ccc(NC(=O)CN(C)C(=O)c2ccc(C)c(S(N)(=O)=O)c2)cc1. The van der Waals surface area contributed by atoms with Crippen molar-refractivity contribution in [2.45, 2.75) is 11.8 Å². The highest BCUT2D eigenvalue weighted by atomic mass is 32.2. The van der Waals surface area contributed by atoms with Crippen molar-refractivity contribution < 1.29 is 22.7 Å². The number of nitrogens with two attached hydrogens (primary N) is 1. The van der Waals surface area contributed by atoms with Gasteiger partial charge in [0.05, 0.1) is 18.6 Å². The molecule has 27 heavy (non-hydrogen) atoms. The fraction of sp³-hybridized carbons (Fsp3) is 0.222. The smallest absolute Gasteiger partial charge is 0.254 e. The first kappa shape index (κ1) is 20.4. The Hall–Kier alpha value is -2.91. The van der Waals surface area contributed by atoms with Gasteiger partial charge >= 0.3 is 0 Å². The Bertz CT molecular complexity index is 955. The molecule has 0 atom stereocenters. The summed E-state index contributed by atoms with van der Waals surface area (Å²) >= 11 is 0. The fourth-order valence-electron chi connectivity index (χ4n) is 2.42. The van der Waals surface area contributed by atoms with Crippen LogP contribution in [0.15, 0.2) is 47.4 Å². The Morgan fingerprint density at radius 2 is 1.78 bits per heavy atom. The highest BCUT2D eigenvalue weighted by molar-refractivity contribution is 7.89. The second kappa shape index (κ2) is 8.19. The third kappa shape index (κ3) is 5.28. The number of nitrogens with zero attached hydrogens (tertiary/aromatic N) is 1. The molecule has 0 saturated heterocycles. The third-order valence-electron chi connectivity index (χ3n) is 3.84. The lowest BCUT2D eigenvalue weighted by atomic mass is 10.1. The predicted molar refractivity (Wildman–Crippen MR) is 101 cm³/mol. The van der Waals surface area contributed by atoms with Crippen LogP contribution in [0.2, 0.25) is 0 Å². The molecule has 0 aliphatic carbocycles. The van der Waals surface area contributed by atoms with Crippen LogP contribution in [-0.2, 0) is 14.8 Å². The van der Waals surface area contributed by atoms with Crippen molar-refractivity contribution in [2.24, 2.45) is 5.14 Å². The van der Waals surface area contributed by atoms with E-state index in [1.807, 2.05) is 0 Å². The van der Waals surface area contributed by atoms with Gasteiger partial charge in [0, 0.05) is 18.3 Å². The number of rotatable bonds is 6. The fourth-order valence-corrected chi connectivity index (χ4v) is 3.23. The number of nitrogens with one attached hydrogen (secondary N) is 1. The molecule has 0 aliphatic rings. The van der Waals surface area contributed by atoms with Gasteiger partial charge in [-0.05, 0) is 48.9 Å². The van der Waals surface area contributed by atoms with Crippen molar-refractivity contribution in [3.8, 4) is 5.75 Å². The van der Waals surface area contributed by atoms with Gasteiger partial charge in [0.1, 0.15) is 5.75 Å². The van der Waals surface area contributed by atoms with E-state index in [0.717, 1.165) is 0 Å². The highest BCUT2D eigenvalue weighted by Gasteiger charge is 2.19. The summed E-state index contributed by atoms with van der Waals surface area (Å²) in [7, 11) is -0.952. The molecular weight excluding hydrogens is 370 g/mol. The molecule has 2 rings (SSSR count). The summed E-state index contributed by atoms with van der Waals surface area (Å²) in [5.74, 6) is -0.232. The molecule has 2 amide bonds. The highest BCUT2D eigenvalue weighted by Crippen LogP contribution is 2.17. The minimum atomic E-state index is -3.95. The topological polar surface area (TPSA) is 119 Å².